The third kappa shape index (κ3) is 5.48. The second-order valence-corrected chi connectivity index (χ2v) is 9.89. The Kier molecular flexibility index (Phi) is 7.01. The minimum absolute atomic E-state index is 0.0382. The van der Waals surface area contributed by atoms with Gasteiger partial charge in [-0.25, -0.2) is 13.1 Å². The molecule has 0 radical (unpaired) electrons. The second kappa shape index (κ2) is 10.1. The normalized spacial score (nSPS) is 11.5. The van der Waals surface area contributed by atoms with Crippen LogP contribution < -0.4 is 5.32 Å². The van der Waals surface area contributed by atoms with Crippen molar-refractivity contribution in [3.05, 3.63) is 95.3 Å². The quantitative estimate of drug-likeness (QED) is 0.400. The molecule has 11 heteroatoms. The van der Waals surface area contributed by atoms with Crippen molar-refractivity contribution in [1.29, 1.82) is 0 Å². The maximum Gasteiger partial charge on any atom is 0.243 e. The molecule has 0 atom stereocenters. The van der Waals surface area contributed by atoms with Crippen LogP contribution in [0.1, 0.15) is 11.1 Å². The largest absolute Gasteiger partial charge is 0.325 e. The molecule has 3 aromatic carbocycles. The molecule has 1 heterocycles. The van der Waals surface area contributed by atoms with E-state index in [0.29, 0.717) is 10.7 Å². The molecule has 174 valence electrons. The van der Waals surface area contributed by atoms with Crippen molar-refractivity contribution in [3.8, 4) is 5.69 Å². The summed E-state index contributed by atoms with van der Waals surface area (Å²) in [5.74, 6) is -0.469. The number of sulfonamides is 1. The molecule has 0 fully saturated rings. The SMILES string of the molecule is Cc1cc(NC(=O)CN(Cc2ccccc2)S(=O)(=O)c2ccc(Cl)cc2)ccc1-n1cnnn1. The van der Waals surface area contributed by atoms with Crippen LogP contribution in [0, 0.1) is 6.92 Å². The molecule has 0 saturated heterocycles. The van der Waals surface area contributed by atoms with E-state index in [0.717, 1.165) is 21.1 Å². The Morgan fingerprint density at radius 2 is 1.79 bits per heavy atom. The molecule has 0 aliphatic rings. The highest BCUT2D eigenvalue weighted by atomic mass is 35.5. The Morgan fingerprint density at radius 1 is 1.06 bits per heavy atom. The van der Waals surface area contributed by atoms with Crippen LogP contribution >= 0.6 is 11.6 Å². The average molecular weight is 497 g/mol. The van der Waals surface area contributed by atoms with E-state index in [1.807, 2.05) is 37.3 Å². The van der Waals surface area contributed by atoms with Crippen LogP contribution in [-0.4, -0.2) is 45.4 Å². The summed E-state index contributed by atoms with van der Waals surface area (Å²) in [7, 11) is -3.96. The fourth-order valence-corrected chi connectivity index (χ4v) is 4.90. The first-order chi connectivity index (χ1) is 16.3. The summed E-state index contributed by atoms with van der Waals surface area (Å²) in [6.45, 7) is 1.53. The van der Waals surface area contributed by atoms with Gasteiger partial charge in [-0.05, 0) is 70.9 Å². The van der Waals surface area contributed by atoms with Gasteiger partial charge in [-0.15, -0.1) is 5.10 Å². The number of carbonyl (C=O) groups is 1. The summed E-state index contributed by atoms with van der Waals surface area (Å²) >= 11 is 5.92. The number of nitrogens with zero attached hydrogens (tertiary/aromatic N) is 5. The first-order valence-electron chi connectivity index (χ1n) is 10.3. The zero-order valence-electron chi connectivity index (χ0n) is 18.2. The molecule has 9 nitrogen and oxygen atoms in total. The van der Waals surface area contributed by atoms with E-state index in [4.69, 9.17) is 11.6 Å². The summed E-state index contributed by atoms with van der Waals surface area (Å²) < 4.78 is 29.4. The van der Waals surface area contributed by atoms with Crippen LogP contribution in [0.15, 0.2) is 84.0 Å². The van der Waals surface area contributed by atoms with Crippen molar-refractivity contribution in [1.82, 2.24) is 24.5 Å². The minimum Gasteiger partial charge on any atom is -0.325 e. The van der Waals surface area contributed by atoms with Gasteiger partial charge >= 0.3 is 0 Å². The predicted molar refractivity (Wildman–Crippen MR) is 128 cm³/mol. The highest BCUT2D eigenvalue weighted by Crippen LogP contribution is 2.22. The van der Waals surface area contributed by atoms with Crippen LogP contribution in [-0.2, 0) is 21.4 Å². The molecule has 0 unspecified atom stereocenters. The summed E-state index contributed by atoms with van der Waals surface area (Å²) in [5, 5.41) is 14.3. The van der Waals surface area contributed by atoms with E-state index >= 15 is 0 Å². The Hall–Kier alpha value is -3.60. The molecule has 0 aliphatic heterocycles. The van der Waals surface area contributed by atoms with Gasteiger partial charge in [-0.3, -0.25) is 4.79 Å². The van der Waals surface area contributed by atoms with Gasteiger partial charge in [0.1, 0.15) is 6.33 Å². The molecule has 34 heavy (non-hydrogen) atoms. The summed E-state index contributed by atoms with van der Waals surface area (Å²) in [5.41, 5.74) is 2.89. The number of aromatic nitrogens is 4. The van der Waals surface area contributed by atoms with Crippen molar-refractivity contribution in [2.45, 2.75) is 18.4 Å². The number of nitrogens with one attached hydrogen (secondary N) is 1. The maximum absolute atomic E-state index is 13.3. The van der Waals surface area contributed by atoms with Crippen molar-refractivity contribution < 1.29 is 13.2 Å². The van der Waals surface area contributed by atoms with E-state index in [9.17, 15) is 13.2 Å². The highest BCUT2D eigenvalue weighted by molar-refractivity contribution is 7.89. The maximum atomic E-state index is 13.3. The van der Waals surface area contributed by atoms with E-state index < -0.39 is 15.9 Å². The van der Waals surface area contributed by atoms with E-state index in [1.54, 1.807) is 18.2 Å². The first kappa shape index (κ1) is 23.6. The molecule has 4 aromatic rings. The lowest BCUT2D eigenvalue weighted by molar-refractivity contribution is -0.116. The molecule has 1 amide bonds. The van der Waals surface area contributed by atoms with Gasteiger partial charge in [0, 0.05) is 17.3 Å². The number of amides is 1. The molecular formula is C23H21ClN6O3S. The molecule has 0 aliphatic carbocycles. The third-order valence-corrected chi connectivity index (χ3v) is 7.11. The van der Waals surface area contributed by atoms with E-state index in [-0.39, 0.29) is 18.0 Å². The number of hydrogen-bond acceptors (Lipinski definition) is 6. The number of anilines is 1. The highest BCUT2D eigenvalue weighted by Gasteiger charge is 2.27. The van der Waals surface area contributed by atoms with Crippen molar-refractivity contribution in [2.24, 2.45) is 0 Å². The molecule has 0 spiro atoms. The van der Waals surface area contributed by atoms with Crippen LogP contribution in [0.2, 0.25) is 5.02 Å². The smallest absolute Gasteiger partial charge is 0.243 e. The summed E-state index contributed by atoms with van der Waals surface area (Å²) in [6, 6.07) is 20.2. The van der Waals surface area contributed by atoms with Gasteiger partial charge < -0.3 is 5.32 Å². The van der Waals surface area contributed by atoms with Gasteiger partial charge in [-0.2, -0.15) is 4.31 Å². The Morgan fingerprint density at radius 3 is 2.44 bits per heavy atom. The number of benzene rings is 3. The van der Waals surface area contributed by atoms with Crippen molar-refractivity contribution >= 4 is 33.2 Å². The fourth-order valence-electron chi connectivity index (χ4n) is 3.39. The Balaban J connectivity index is 1.55. The van der Waals surface area contributed by atoms with E-state index in [1.165, 1.54) is 35.3 Å². The van der Waals surface area contributed by atoms with Crippen molar-refractivity contribution in [2.75, 3.05) is 11.9 Å². The number of tetrazole rings is 1. The topological polar surface area (TPSA) is 110 Å². The minimum atomic E-state index is -3.96. The van der Waals surface area contributed by atoms with Crippen LogP contribution in [0.25, 0.3) is 5.69 Å². The number of halogens is 1. The molecular weight excluding hydrogens is 476 g/mol. The van der Waals surface area contributed by atoms with Gasteiger partial charge in [0.2, 0.25) is 15.9 Å². The zero-order valence-corrected chi connectivity index (χ0v) is 19.7. The monoisotopic (exact) mass is 496 g/mol. The predicted octanol–water partition coefficient (Wildman–Crippen LogP) is 3.45. The number of hydrogen-bond donors (Lipinski definition) is 1. The van der Waals surface area contributed by atoms with Crippen LogP contribution in [0.3, 0.4) is 0 Å². The molecule has 1 aromatic heterocycles. The number of rotatable bonds is 8. The van der Waals surface area contributed by atoms with Crippen LogP contribution in [0.5, 0.6) is 0 Å². The number of carbonyl (C=O) groups excluding carboxylic acids is 1. The molecule has 4 rings (SSSR count). The van der Waals surface area contributed by atoms with Gasteiger partial charge in [0.15, 0.2) is 0 Å². The van der Waals surface area contributed by atoms with Gasteiger partial charge in [0.05, 0.1) is 17.1 Å². The van der Waals surface area contributed by atoms with Crippen molar-refractivity contribution in [3.63, 3.8) is 0 Å². The Bertz CT molecular complexity index is 1380. The lowest BCUT2D eigenvalue weighted by Crippen LogP contribution is -2.37. The van der Waals surface area contributed by atoms with Crippen LogP contribution in [0.4, 0.5) is 5.69 Å². The zero-order chi connectivity index (χ0) is 24.1. The van der Waals surface area contributed by atoms with E-state index in [2.05, 4.69) is 20.8 Å². The lowest BCUT2D eigenvalue weighted by Gasteiger charge is -2.22. The molecule has 1 N–H and O–H groups in total. The second-order valence-electron chi connectivity index (χ2n) is 7.52. The molecule has 0 bridgehead atoms. The summed E-state index contributed by atoms with van der Waals surface area (Å²) in [6.07, 6.45) is 1.48. The summed E-state index contributed by atoms with van der Waals surface area (Å²) in [4.78, 5) is 13.0. The average Bonchev–Trinajstić information content (AvgIpc) is 3.34. The molecule has 0 saturated carbocycles. The standard InChI is InChI=1S/C23H21ClN6O3S/c1-17-13-20(9-12-22(17)30-16-25-27-28-30)26-23(31)15-29(14-18-5-3-2-4-6-18)34(32,33)21-10-7-19(24)8-11-21/h2-13,16H,14-15H2,1H3,(H,26,31). The third-order valence-electron chi connectivity index (χ3n) is 5.05. The van der Waals surface area contributed by atoms with Gasteiger partial charge in [0.25, 0.3) is 0 Å². The lowest BCUT2D eigenvalue weighted by atomic mass is 10.2. The van der Waals surface area contributed by atoms with Gasteiger partial charge in [-0.1, -0.05) is 41.9 Å². The fraction of sp³-hybridized carbons (Fsp3) is 0.130. The first-order valence-corrected chi connectivity index (χ1v) is 12.1. The number of aryl methyl sites for hydroxylation is 1. The Labute approximate surface area is 202 Å².